The van der Waals surface area contributed by atoms with Crippen molar-refractivity contribution in [2.24, 2.45) is 11.8 Å². The summed E-state index contributed by atoms with van der Waals surface area (Å²) in [4.78, 5) is 0. The number of hydrogen-bond donors (Lipinski definition) is 1. The predicted molar refractivity (Wildman–Crippen MR) is 42.8 cm³/mol. The molecule has 0 amide bonds. The van der Waals surface area contributed by atoms with Gasteiger partial charge in [0.1, 0.15) is 0 Å². The maximum Gasteiger partial charge on any atom is 0.0540 e. The van der Waals surface area contributed by atoms with Crippen molar-refractivity contribution in [2.45, 2.75) is 45.6 Å². The van der Waals surface area contributed by atoms with Gasteiger partial charge in [0, 0.05) is 0 Å². The van der Waals surface area contributed by atoms with Crippen LogP contribution in [0.25, 0.3) is 0 Å². The molecule has 0 bridgehead atoms. The van der Waals surface area contributed by atoms with E-state index in [4.69, 9.17) is 0 Å². The summed E-state index contributed by atoms with van der Waals surface area (Å²) in [5, 5.41) is 9.29. The lowest BCUT2D eigenvalue weighted by atomic mass is 9.94. The average molecular weight is 142 g/mol. The highest BCUT2D eigenvalue weighted by molar-refractivity contribution is 4.78. The van der Waals surface area contributed by atoms with E-state index in [0.29, 0.717) is 5.92 Å². The Morgan fingerprint density at radius 3 is 2.40 bits per heavy atom. The lowest BCUT2D eigenvalue weighted by molar-refractivity contribution is 0.114. The maximum atomic E-state index is 9.29. The minimum atomic E-state index is -0.0920. The molecule has 0 saturated heterocycles. The van der Waals surface area contributed by atoms with Crippen LogP contribution >= 0.6 is 0 Å². The van der Waals surface area contributed by atoms with Gasteiger partial charge in [-0.1, -0.05) is 26.2 Å². The molecule has 1 heteroatoms. The largest absolute Gasteiger partial charge is 0.393 e. The van der Waals surface area contributed by atoms with Crippen molar-refractivity contribution < 1.29 is 5.11 Å². The van der Waals surface area contributed by atoms with Crippen LogP contribution in [0.5, 0.6) is 0 Å². The van der Waals surface area contributed by atoms with Crippen LogP contribution in [0, 0.1) is 11.8 Å². The average Bonchev–Trinajstić information content (AvgIpc) is 2.64. The van der Waals surface area contributed by atoms with E-state index in [9.17, 15) is 5.11 Å². The van der Waals surface area contributed by atoms with Gasteiger partial charge in [-0.25, -0.2) is 0 Å². The van der Waals surface area contributed by atoms with Gasteiger partial charge in [-0.3, -0.25) is 0 Å². The topological polar surface area (TPSA) is 20.2 Å². The summed E-state index contributed by atoms with van der Waals surface area (Å²) in [7, 11) is 0. The van der Waals surface area contributed by atoms with Crippen LogP contribution < -0.4 is 0 Å². The van der Waals surface area contributed by atoms with E-state index in [1.165, 1.54) is 19.3 Å². The van der Waals surface area contributed by atoms with Gasteiger partial charge in [-0.2, -0.15) is 0 Å². The highest BCUT2D eigenvalue weighted by Gasteiger charge is 2.26. The summed E-state index contributed by atoms with van der Waals surface area (Å²) >= 11 is 0. The van der Waals surface area contributed by atoms with E-state index in [-0.39, 0.29) is 6.10 Å². The molecular weight excluding hydrogens is 124 g/mol. The molecule has 10 heavy (non-hydrogen) atoms. The van der Waals surface area contributed by atoms with Crippen LogP contribution in [0.1, 0.15) is 39.5 Å². The molecule has 1 aliphatic carbocycles. The van der Waals surface area contributed by atoms with E-state index >= 15 is 0 Å². The second kappa shape index (κ2) is 3.38. The van der Waals surface area contributed by atoms with Crippen molar-refractivity contribution in [3.8, 4) is 0 Å². The smallest absolute Gasteiger partial charge is 0.0540 e. The standard InChI is InChI=1S/C9H18O/c1-3-9(7(2)10)6-8-4-5-8/h7-10H,3-6H2,1-2H3. The van der Waals surface area contributed by atoms with Crippen LogP contribution in [0.3, 0.4) is 0 Å². The molecule has 0 heterocycles. The Hall–Kier alpha value is -0.0400. The molecule has 1 N–H and O–H groups in total. The third kappa shape index (κ3) is 2.30. The molecule has 0 aromatic heterocycles. The normalized spacial score (nSPS) is 24.3. The Kier molecular flexibility index (Phi) is 2.72. The first-order valence-corrected chi connectivity index (χ1v) is 4.42. The molecule has 0 aromatic rings. The van der Waals surface area contributed by atoms with Gasteiger partial charge in [0.25, 0.3) is 0 Å². The minimum absolute atomic E-state index is 0.0920. The first-order valence-electron chi connectivity index (χ1n) is 4.42. The highest BCUT2D eigenvalue weighted by atomic mass is 16.3. The lowest BCUT2D eigenvalue weighted by Gasteiger charge is -2.16. The predicted octanol–water partition coefficient (Wildman–Crippen LogP) is 2.19. The first-order chi connectivity index (χ1) is 4.74. The minimum Gasteiger partial charge on any atom is -0.393 e. The fraction of sp³-hybridized carbons (Fsp3) is 1.00. The zero-order valence-corrected chi connectivity index (χ0v) is 7.01. The van der Waals surface area contributed by atoms with Gasteiger partial charge in [0.15, 0.2) is 0 Å². The molecule has 2 atom stereocenters. The maximum absolute atomic E-state index is 9.29. The Labute approximate surface area is 63.4 Å². The van der Waals surface area contributed by atoms with Crippen molar-refractivity contribution in [1.29, 1.82) is 0 Å². The van der Waals surface area contributed by atoms with Gasteiger partial charge in [0.2, 0.25) is 0 Å². The van der Waals surface area contributed by atoms with Crippen LogP contribution in [0.2, 0.25) is 0 Å². The summed E-state index contributed by atoms with van der Waals surface area (Å²) in [6.07, 6.45) is 5.11. The Morgan fingerprint density at radius 2 is 2.10 bits per heavy atom. The molecule has 0 spiro atoms. The summed E-state index contributed by atoms with van der Waals surface area (Å²) < 4.78 is 0. The molecule has 1 fully saturated rings. The van der Waals surface area contributed by atoms with E-state index in [1.54, 1.807) is 0 Å². The molecule has 1 rings (SSSR count). The molecule has 60 valence electrons. The summed E-state index contributed by atoms with van der Waals surface area (Å²) in [6, 6.07) is 0. The van der Waals surface area contributed by atoms with Gasteiger partial charge < -0.3 is 5.11 Å². The number of aliphatic hydroxyl groups excluding tert-OH is 1. The van der Waals surface area contributed by atoms with E-state index < -0.39 is 0 Å². The molecule has 0 aliphatic heterocycles. The third-order valence-corrected chi connectivity index (χ3v) is 2.54. The SMILES string of the molecule is CCC(CC1CC1)C(C)O. The summed E-state index contributed by atoms with van der Waals surface area (Å²) in [5.74, 6) is 1.52. The fourth-order valence-corrected chi connectivity index (χ4v) is 1.49. The molecular formula is C9H18O. The third-order valence-electron chi connectivity index (χ3n) is 2.54. The number of hydrogen-bond acceptors (Lipinski definition) is 1. The van der Waals surface area contributed by atoms with Crippen molar-refractivity contribution in [3.05, 3.63) is 0 Å². The van der Waals surface area contributed by atoms with Gasteiger partial charge >= 0.3 is 0 Å². The monoisotopic (exact) mass is 142 g/mol. The second-order valence-electron chi connectivity index (χ2n) is 3.59. The van der Waals surface area contributed by atoms with Crippen molar-refractivity contribution >= 4 is 0 Å². The highest BCUT2D eigenvalue weighted by Crippen LogP contribution is 2.36. The zero-order chi connectivity index (χ0) is 7.56. The van der Waals surface area contributed by atoms with E-state index in [1.807, 2.05) is 6.92 Å². The zero-order valence-electron chi connectivity index (χ0n) is 7.01. The second-order valence-corrected chi connectivity index (χ2v) is 3.59. The van der Waals surface area contributed by atoms with Crippen LogP contribution in [-0.4, -0.2) is 11.2 Å². The van der Waals surface area contributed by atoms with E-state index in [0.717, 1.165) is 12.3 Å². The number of rotatable bonds is 4. The lowest BCUT2D eigenvalue weighted by Crippen LogP contribution is -2.16. The molecule has 1 aliphatic rings. The molecule has 1 nitrogen and oxygen atoms in total. The van der Waals surface area contributed by atoms with Crippen LogP contribution in [0.15, 0.2) is 0 Å². The van der Waals surface area contributed by atoms with Gasteiger partial charge in [-0.15, -0.1) is 0 Å². The molecule has 1 saturated carbocycles. The van der Waals surface area contributed by atoms with Crippen LogP contribution in [-0.2, 0) is 0 Å². The molecule has 2 unspecified atom stereocenters. The number of aliphatic hydroxyl groups is 1. The van der Waals surface area contributed by atoms with Crippen molar-refractivity contribution in [3.63, 3.8) is 0 Å². The van der Waals surface area contributed by atoms with Crippen molar-refractivity contribution in [2.75, 3.05) is 0 Å². The molecule has 0 aromatic carbocycles. The fourth-order valence-electron chi connectivity index (χ4n) is 1.49. The van der Waals surface area contributed by atoms with Gasteiger partial charge in [0.05, 0.1) is 6.10 Å². The van der Waals surface area contributed by atoms with Crippen LogP contribution in [0.4, 0.5) is 0 Å². The quantitative estimate of drug-likeness (QED) is 0.638. The Morgan fingerprint density at radius 1 is 1.50 bits per heavy atom. The Bertz CT molecular complexity index is 94.9. The summed E-state index contributed by atoms with van der Waals surface area (Å²) in [5.41, 5.74) is 0. The van der Waals surface area contributed by atoms with Crippen molar-refractivity contribution in [1.82, 2.24) is 0 Å². The Balaban J connectivity index is 2.17. The first kappa shape index (κ1) is 8.06. The molecule has 0 radical (unpaired) electrons. The van der Waals surface area contributed by atoms with E-state index in [2.05, 4.69) is 6.92 Å². The summed E-state index contributed by atoms with van der Waals surface area (Å²) in [6.45, 7) is 4.08. The van der Waals surface area contributed by atoms with Gasteiger partial charge in [-0.05, 0) is 25.2 Å².